The van der Waals surface area contributed by atoms with Gasteiger partial charge in [-0.25, -0.2) is 9.97 Å². The predicted octanol–water partition coefficient (Wildman–Crippen LogP) is 2.73. The molecule has 2 atom stereocenters. The third-order valence-electron chi connectivity index (χ3n) is 3.02. The van der Waals surface area contributed by atoms with Gasteiger partial charge in [0, 0.05) is 11.3 Å². The zero-order valence-electron chi connectivity index (χ0n) is 9.80. The number of thioether (sulfide) groups is 1. The summed E-state index contributed by atoms with van der Waals surface area (Å²) in [5.74, 6) is 0.215. The van der Waals surface area contributed by atoms with E-state index < -0.39 is 4.92 Å². The molecule has 1 aromatic rings. The van der Waals surface area contributed by atoms with E-state index in [0.29, 0.717) is 5.25 Å². The van der Waals surface area contributed by atoms with Crippen molar-refractivity contribution < 1.29 is 4.92 Å². The summed E-state index contributed by atoms with van der Waals surface area (Å²) >= 11 is 7.56. The summed E-state index contributed by atoms with van der Waals surface area (Å²) in [6, 6.07) is 0.215. The molecule has 0 aromatic carbocycles. The van der Waals surface area contributed by atoms with Crippen LogP contribution in [0.4, 0.5) is 11.5 Å². The van der Waals surface area contributed by atoms with Crippen molar-refractivity contribution in [3.63, 3.8) is 0 Å². The minimum absolute atomic E-state index is 0.128. The Morgan fingerprint density at radius 2 is 2.33 bits per heavy atom. The number of hydrogen-bond donors (Lipinski definition) is 1. The summed E-state index contributed by atoms with van der Waals surface area (Å²) < 4.78 is 0. The molecule has 0 amide bonds. The van der Waals surface area contributed by atoms with Crippen LogP contribution in [0.2, 0.25) is 5.15 Å². The van der Waals surface area contributed by atoms with Gasteiger partial charge in [-0.3, -0.25) is 10.1 Å². The SMILES string of the molecule is CSC1CCC(Nc2ncnc(Cl)c2[N+](=O)[O-])C1. The van der Waals surface area contributed by atoms with Crippen molar-refractivity contribution in [3.8, 4) is 0 Å². The van der Waals surface area contributed by atoms with E-state index in [1.54, 1.807) is 0 Å². The third kappa shape index (κ3) is 2.84. The molecule has 1 fully saturated rings. The highest BCUT2D eigenvalue weighted by Gasteiger charge is 2.28. The molecule has 0 saturated heterocycles. The zero-order valence-corrected chi connectivity index (χ0v) is 11.4. The van der Waals surface area contributed by atoms with Crippen LogP contribution < -0.4 is 5.32 Å². The van der Waals surface area contributed by atoms with Crippen LogP contribution in [-0.2, 0) is 0 Å². The highest BCUT2D eigenvalue weighted by molar-refractivity contribution is 7.99. The fourth-order valence-corrected chi connectivity index (χ4v) is 3.10. The maximum atomic E-state index is 10.9. The van der Waals surface area contributed by atoms with Gasteiger partial charge in [-0.15, -0.1) is 0 Å². The average molecular weight is 289 g/mol. The van der Waals surface area contributed by atoms with Crippen LogP contribution in [0.3, 0.4) is 0 Å². The second-order valence-corrected chi connectivity index (χ2v) is 5.63. The third-order valence-corrected chi connectivity index (χ3v) is 4.39. The smallest absolute Gasteiger partial charge is 0.348 e. The van der Waals surface area contributed by atoms with Gasteiger partial charge < -0.3 is 5.32 Å². The van der Waals surface area contributed by atoms with Gasteiger partial charge in [0.05, 0.1) is 4.92 Å². The average Bonchev–Trinajstić information content (AvgIpc) is 2.76. The fourth-order valence-electron chi connectivity index (χ4n) is 2.10. The first-order valence-electron chi connectivity index (χ1n) is 5.56. The molecular formula is C10H13ClN4O2S. The molecule has 6 nitrogen and oxygen atoms in total. The highest BCUT2D eigenvalue weighted by atomic mass is 35.5. The van der Waals surface area contributed by atoms with Crippen LogP contribution in [0.25, 0.3) is 0 Å². The lowest BCUT2D eigenvalue weighted by molar-refractivity contribution is -0.384. The second-order valence-electron chi connectivity index (χ2n) is 4.13. The van der Waals surface area contributed by atoms with Crippen LogP contribution in [0.1, 0.15) is 19.3 Å². The molecule has 1 saturated carbocycles. The summed E-state index contributed by atoms with van der Waals surface area (Å²) in [5.41, 5.74) is -0.244. The molecule has 8 heteroatoms. The Morgan fingerprint density at radius 3 is 2.94 bits per heavy atom. The van der Waals surface area contributed by atoms with Crippen LogP contribution in [0.15, 0.2) is 6.33 Å². The summed E-state index contributed by atoms with van der Waals surface area (Å²) in [7, 11) is 0. The van der Waals surface area contributed by atoms with E-state index in [4.69, 9.17) is 11.6 Å². The number of nitrogens with one attached hydrogen (secondary N) is 1. The van der Waals surface area contributed by atoms with Gasteiger partial charge in [0.1, 0.15) is 6.33 Å². The summed E-state index contributed by atoms with van der Waals surface area (Å²) in [6.45, 7) is 0. The Morgan fingerprint density at radius 1 is 1.56 bits per heavy atom. The Hall–Kier alpha value is -1.08. The second kappa shape index (κ2) is 5.71. The van der Waals surface area contributed by atoms with Gasteiger partial charge in [-0.1, -0.05) is 11.6 Å². The molecule has 1 aliphatic carbocycles. The summed E-state index contributed by atoms with van der Waals surface area (Å²) in [6.07, 6.45) is 6.41. The van der Waals surface area contributed by atoms with Crippen molar-refractivity contribution in [2.45, 2.75) is 30.6 Å². The van der Waals surface area contributed by atoms with Gasteiger partial charge in [0.15, 0.2) is 0 Å². The Balaban J connectivity index is 2.15. The molecule has 0 bridgehead atoms. The highest BCUT2D eigenvalue weighted by Crippen LogP contribution is 2.33. The number of nitrogens with zero attached hydrogens (tertiary/aromatic N) is 3. The normalized spacial score (nSPS) is 23.0. The Labute approximate surface area is 114 Å². The van der Waals surface area contributed by atoms with Crippen molar-refractivity contribution in [2.75, 3.05) is 11.6 Å². The van der Waals surface area contributed by atoms with E-state index >= 15 is 0 Å². The number of nitro groups is 1. The van der Waals surface area contributed by atoms with Gasteiger partial charge in [-0.05, 0) is 25.5 Å². The molecule has 1 heterocycles. The molecule has 1 N–H and O–H groups in total. The molecule has 1 aromatic heterocycles. The number of hydrogen-bond acceptors (Lipinski definition) is 6. The minimum atomic E-state index is -0.550. The molecule has 1 aliphatic rings. The fraction of sp³-hybridized carbons (Fsp3) is 0.600. The molecule has 98 valence electrons. The molecule has 0 radical (unpaired) electrons. The van der Waals surface area contributed by atoms with E-state index in [0.717, 1.165) is 19.3 Å². The molecule has 2 unspecified atom stereocenters. The zero-order chi connectivity index (χ0) is 13.1. The number of anilines is 1. The Kier molecular flexibility index (Phi) is 4.23. The van der Waals surface area contributed by atoms with E-state index in [2.05, 4.69) is 21.5 Å². The molecule has 0 aliphatic heterocycles. The quantitative estimate of drug-likeness (QED) is 0.521. The van der Waals surface area contributed by atoms with Gasteiger partial charge in [-0.2, -0.15) is 11.8 Å². The van der Waals surface area contributed by atoms with Crippen LogP contribution in [-0.4, -0.2) is 32.4 Å². The standard InChI is InChI=1S/C10H13ClN4O2S/c1-18-7-3-2-6(4-7)14-10-8(15(16)17)9(11)12-5-13-10/h5-7H,2-4H2,1H3,(H,12,13,14). The lowest BCUT2D eigenvalue weighted by Gasteiger charge is -2.13. The summed E-state index contributed by atoms with van der Waals surface area (Å²) in [4.78, 5) is 17.9. The van der Waals surface area contributed by atoms with Gasteiger partial charge >= 0.3 is 5.69 Å². The van der Waals surface area contributed by atoms with Crippen molar-refractivity contribution in [2.24, 2.45) is 0 Å². The molecule has 2 rings (SSSR count). The largest absolute Gasteiger partial charge is 0.361 e. The first kappa shape index (κ1) is 13.4. The van der Waals surface area contributed by atoms with Gasteiger partial charge in [0.2, 0.25) is 11.0 Å². The first-order chi connectivity index (χ1) is 8.61. The van der Waals surface area contributed by atoms with E-state index in [-0.39, 0.29) is 22.7 Å². The first-order valence-corrected chi connectivity index (χ1v) is 7.22. The lowest BCUT2D eigenvalue weighted by Crippen LogP contribution is -2.18. The molecule has 18 heavy (non-hydrogen) atoms. The number of halogens is 1. The van der Waals surface area contributed by atoms with Crippen LogP contribution in [0.5, 0.6) is 0 Å². The molecule has 0 spiro atoms. The van der Waals surface area contributed by atoms with E-state index in [1.807, 2.05) is 11.8 Å². The van der Waals surface area contributed by atoms with E-state index in [9.17, 15) is 10.1 Å². The number of aromatic nitrogens is 2. The van der Waals surface area contributed by atoms with Gasteiger partial charge in [0.25, 0.3) is 0 Å². The van der Waals surface area contributed by atoms with Crippen molar-refractivity contribution in [1.82, 2.24) is 9.97 Å². The topological polar surface area (TPSA) is 81.0 Å². The van der Waals surface area contributed by atoms with Crippen LogP contribution >= 0.6 is 23.4 Å². The summed E-state index contributed by atoms with van der Waals surface area (Å²) in [5, 5.41) is 14.5. The van der Waals surface area contributed by atoms with Crippen molar-refractivity contribution in [1.29, 1.82) is 0 Å². The van der Waals surface area contributed by atoms with Crippen molar-refractivity contribution >= 4 is 34.9 Å². The van der Waals surface area contributed by atoms with E-state index in [1.165, 1.54) is 6.33 Å². The maximum absolute atomic E-state index is 10.9. The molecular weight excluding hydrogens is 276 g/mol. The monoisotopic (exact) mass is 288 g/mol. The Bertz CT molecular complexity index is 460. The number of rotatable bonds is 4. The lowest BCUT2D eigenvalue weighted by atomic mass is 10.2. The van der Waals surface area contributed by atoms with Crippen LogP contribution in [0, 0.1) is 10.1 Å². The minimum Gasteiger partial charge on any atom is -0.361 e. The van der Waals surface area contributed by atoms with Crippen molar-refractivity contribution in [3.05, 3.63) is 21.6 Å². The predicted molar refractivity (Wildman–Crippen MR) is 72.3 cm³/mol. The maximum Gasteiger partial charge on any atom is 0.348 e.